The highest BCUT2D eigenvalue weighted by molar-refractivity contribution is 6.00. The molecule has 0 aliphatic carbocycles. The van der Waals surface area contributed by atoms with E-state index in [0.29, 0.717) is 11.5 Å². The molecule has 0 bridgehead atoms. The number of aryl methyl sites for hydroxylation is 2. The second kappa shape index (κ2) is 9.05. The maximum atomic E-state index is 12.3. The number of anilines is 5. The van der Waals surface area contributed by atoms with E-state index in [-0.39, 0.29) is 6.03 Å². The van der Waals surface area contributed by atoms with Crippen LogP contribution in [0.1, 0.15) is 18.3 Å². The van der Waals surface area contributed by atoms with E-state index in [1.165, 1.54) is 0 Å². The summed E-state index contributed by atoms with van der Waals surface area (Å²) in [5.41, 5.74) is 3.49. The molecule has 3 aromatic rings. The van der Waals surface area contributed by atoms with Crippen LogP contribution in [-0.4, -0.2) is 30.1 Å². The molecule has 1 aromatic heterocycles. The van der Waals surface area contributed by atoms with Gasteiger partial charge in [-0.2, -0.15) is 0 Å². The molecule has 2 aromatic carbocycles. The second-order valence-corrected chi connectivity index (χ2v) is 6.85. The predicted octanol–water partition coefficient (Wildman–Crippen LogP) is 4.80. The van der Waals surface area contributed by atoms with Gasteiger partial charge >= 0.3 is 6.03 Å². The van der Waals surface area contributed by atoms with Crippen molar-refractivity contribution in [1.29, 1.82) is 0 Å². The Labute approximate surface area is 171 Å². The molecule has 7 heteroatoms. The first-order valence-corrected chi connectivity index (χ1v) is 9.50. The monoisotopic (exact) mass is 390 g/mol. The van der Waals surface area contributed by atoms with E-state index >= 15 is 0 Å². The zero-order valence-corrected chi connectivity index (χ0v) is 17.2. The van der Waals surface area contributed by atoms with Crippen molar-refractivity contribution < 1.29 is 4.79 Å². The standard InChI is InChI=1S/C22H26N6O/c1-5-16-8-6-7-9-19(16)27-22(29)26-18-12-10-17(11-13-18)25-20-14-21(28(3)4)24-15(2)23-20/h6-14H,5H2,1-4H3,(H,23,24,25)(H2,26,27,29). The molecule has 0 saturated heterocycles. The van der Waals surface area contributed by atoms with Gasteiger partial charge in [0.15, 0.2) is 0 Å². The molecule has 3 rings (SSSR count). The molecule has 150 valence electrons. The highest BCUT2D eigenvalue weighted by atomic mass is 16.2. The van der Waals surface area contributed by atoms with Gasteiger partial charge < -0.3 is 20.9 Å². The number of carbonyl (C=O) groups excluding carboxylic acids is 1. The lowest BCUT2D eigenvalue weighted by molar-refractivity contribution is 0.262. The first-order chi connectivity index (χ1) is 13.9. The Kier molecular flexibility index (Phi) is 6.29. The minimum Gasteiger partial charge on any atom is -0.363 e. The van der Waals surface area contributed by atoms with Gasteiger partial charge in [-0.1, -0.05) is 25.1 Å². The van der Waals surface area contributed by atoms with Crippen molar-refractivity contribution in [3.63, 3.8) is 0 Å². The van der Waals surface area contributed by atoms with E-state index in [0.717, 1.165) is 35.0 Å². The van der Waals surface area contributed by atoms with Gasteiger partial charge in [-0.05, 0) is 49.2 Å². The second-order valence-electron chi connectivity index (χ2n) is 6.85. The molecule has 29 heavy (non-hydrogen) atoms. The Morgan fingerprint density at radius 2 is 1.66 bits per heavy atom. The summed E-state index contributed by atoms with van der Waals surface area (Å²) in [4.78, 5) is 23.0. The third-order valence-electron chi connectivity index (χ3n) is 4.34. The van der Waals surface area contributed by atoms with Crippen LogP contribution in [0.4, 0.5) is 33.5 Å². The highest BCUT2D eigenvalue weighted by Crippen LogP contribution is 2.21. The number of aromatic nitrogens is 2. The van der Waals surface area contributed by atoms with Crippen LogP contribution in [0.3, 0.4) is 0 Å². The molecule has 3 N–H and O–H groups in total. The number of para-hydroxylation sites is 1. The van der Waals surface area contributed by atoms with E-state index in [2.05, 4.69) is 32.8 Å². The van der Waals surface area contributed by atoms with Crippen molar-refractivity contribution in [1.82, 2.24) is 9.97 Å². The summed E-state index contributed by atoms with van der Waals surface area (Å²) < 4.78 is 0. The van der Waals surface area contributed by atoms with Crippen LogP contribution >= 0.6 is 0 Å². The maximum absolute atomic E-state index is 12.3. The van der Waals surface area contributed by atoms with Crippen LogP contribution < -0.4 is 20.9 Å². The van der Waals surface area contributed by atoms with Crippen molar-refractivity contribution in [2.45, 2.75) is 20.3 Å². The van der Waals surface area contributed by atoms with Gasteiger partial charge in [-0.25, -0.2) is 14.8 Å². The fourth-order valence-corrected chi connectivity index (χ4v) is 2.87. The van der Waals surface area contributed by atoms with E-state index in [9.17, 15) is 4.79 Å². The van der Waals surface area contributed by atoms with Crippen LogP contribution in [0.15, 0.2) is 54.6 Å². The Morgan fingerprint density at radius 1 is 0.966 bits per heavy atom. The summed E-state index contributed by atoms with van der Waals surface area (Å²) in [7, 11) is 3.88. The average Bonchev–Trinajstić information content (AvgIpc) is 2.69. The van der Waals surface area contributed by atoms with Crippen molar-refractivity contribution in [2.24, 2.45) is 0 Å². The summed E-state index contributed by atoms with van der Waals surface area (Å²) in [6, 6.07) is 16.9. The molecule has 0 aliphatic heterocycles. The van der Waals surface area contributed by atoms with Crippen LogP contribution in [-0.2, 0) is 6.42 Å². The van der Waals surface area contributed by atoms with Gasteiger partial charge in [0.2, 0.25) is 0 Å². The molecule has 0 aliphatic rings. The molecule has 1 heterocycles. The topological polar surface area (TPSA) is 82.2 Å². The lowest BCUT2D eigenvalue weighted by Gasteiger charge is -2.14. The van der Waals surface area contributed by atoms with Gasteiger partial charge in [0.05, 0.1) is 0 Å². The largest absolute Gasteiger partial charge is 0.363 e. The van der Waals surface area contributed by atoms with Gasteiger partial charge in [0, 0.05) is 37.2 Å². The number of nitrogens with zero attached hydrogens (tertiary/aromatic N) is 3. The lowest BCUT2D eigenvalue weighted by Crippen LogP contribution is -2.20. The van der Waals surface area contributed by atoms with Gasteiger partial charge in [-0.3, -0.25) is 0 Å². The Morgan fingerprint density at radius 3 is 2.34 bits per heavy atom. The van der Waals surface area contributed by atoms with Crippen LogP contribution in [0, 0.1) is 6.92 Å². The fraction of sp³-hybridized carbons (Fsp3) is 0.227. The zero-order valence-electron chi connectivity index (χ0n) is 17.2. The van der Waals surface area contributed by atoms with Crippen molar-refractivity contribution in [3.05, 3.63) is 66.0 Å². The molecule has 0 spiro atoms. The Hall–Kier alpha value is -3.61. The number of hydrogen-bond acceptors (Lipinski definition) is 5. The Bertz CT molecular complexity index is 985. The summed E-state index contributed by atoms with van der Waals surface area (Å²) >= 11 is 0. The molecule has 2 amide bonds. The molecular weight excluding hydrogens is 364 g/mol. The summed E-state index contributed by atoms with van der Waals surface area (Å²) in [5, 5.41) is 9.03. The number of urea groups is 1. The van der Waals surface area contributed by atoms with Crippen LogP contribution in [0.2, 0.25) is 0 Å². The molecule has 0 unspecified atom stereocenters. The van der Waals surface area contributed by atoms with Crippen molar-refractivity contribution in [3.8, 4) is 0 Å². The minimum absolute atomic E-state index is 0.270. The first-order valence-electron chi connectivity index (χ1n) is 9.50. The van der Waals surface area contributed by atoms with Gasteiger partial charge in [0.1, 0.15) is 17.5 Å². The quantitative estimate of drug-likeness (QED) is 0.563. The summed E-state index contributed by atoms with van der Waals surface area (Å²) in [6.45, 7) is 3.92. The smallest absolute Gasteiger partial charge is 0.323 e. The zero-order chi connectivity index (χ0) is 20.8. The van der Waals surface area contributed by atoms with Crippen molar-refractivity contribution >= 4 is 34.7 Å². The maximum Gasteiger partial charge on any atom is 0.323 e. The minimum atomic E-state index is -0.270. The lowest BCUT2D eigenvalue weighted by atomic mass is 10.1. The average molecular weight is 390 g/mol. The number of hydrogen-bond donors (Lipinski definition) is 3. The Balaban J connectivity index is 1.64. The SMILES string of the molecule is CCc1ccccc1NC(=O)Nc1ccc(Nc2cc(N(C)C)nc(C)n2)cc1. The van der Waals surface area contributed by atoms with Gasteiger partial charge in [0.25, 0.3) is 0 Å². The summed E-state index contributed by atoms with van der Waals surface area (Å²) in [5.74, 6) is 2.25. The predicted molar refractivity (Wildman–Crippen MR) is 119 cm³/mol. The van der Waals surface area contributed by atoms with Crippen molar-refractivity contribution in [2.75, 3.05) is 34.9 Å². The third kappa shape index (κ3) is 5.44. The van der Waals surface area contributed by atoms with Gasteiger partial charge in [-0.15, -0.1) is 0 Å². The third-order valence-corrected chi connectivity index (χ3v) is 4.34. The molecule has 0 atom stereocenters. The molecule has 0 saturated carbocycles. The van der Waals surface area contributed by atoms with E-state index < -0.39 is 0 Å². The number of amides is 2. The number of nitrogens with one attached hydrogen (secondary N) is 3. The molecule has 7 nitrogen and oxygen atoms in total. The normalized spacial score (nSPS) is 10.3. The highest BCUT2D eigenvalue weighted by Gasteiger charge is 2.07. The first kappa shape index (κ1) is 20.1. The van der Waals surface area contributed by atoms with E-state index in [1.54, 1.807) is 0 Å². The van der Waals surface area contributed by atoms with Crippen LogP contribution in [0.25, 0.3) is 0 Å². The molecule has 0 fully saturated rings. The fourth-order valence-electron chi connectivity index (χ4n) is 2.87. The number of benzene rings is 2. The number of carbonyl (C=O) groups is 1. The van der Waals surface area contributed by atoms with E-state index in [1.807, 2.05) is 80.5 Å². The molecular formula is C22H26N6O. The number of rotatable bonds is 6. The van der Waals surface area contributed by atoms with Crippen LogP contribution in [0.5, 0.6) is 0 Å². The van der Waals surface area contributed by atoms with E-state index in [4.69, 9.17) is 0 Å². The molecule has 0 radical (unpaired) electrons. The summed E-state index contributed by atoms with van der Waals surface area (Å²) in [6.07, 6.45) is 0.856.